The Balaban J connectivity index is 2.44. The summed E-state index contributed by atoms with van der Waals surface area (Å²) < 4.78 is 1.33. The highest BCUT2D eigenvalue weighted by atomic mass is 35.5. The molecule has 0 bridgehead atoms. The Morgan fingerprint density at radius 3 is 2.71 bits per heavy atom. The average Bonchev–Trinajstić information content (AvgIpc) is 2.41. The van der Waals surface area contributed by atoms with Crippen LogP contribution in [0.15, 0.2) is 25.8 Å². The van der Waals surface area contributed by atoms with Crippen molar-refractivity contribution in [3.05, 3.63) is 36.8 Å². The Labute approximate surface area is 133 Å². The standard InChI is InChI=1S/C11H11Cl2N5O2S/c1-3-14-7-5(12)4-6(13)10(15-7)21-11-16-8(19)9(20)17-18(11)2/h4H,3H2,1-2H3,(H,14,15)(H,17,20). The van der Waals surface area contributed by atoms with Gasteiger partial charge in [0.2, 0.25) is 0 Å². The van der Waals surface area contributed by atoms with E-state index in [0.29, 0.717) is 27.4 Å². The summed E-state index contributed by atoms with van der Waals surface area (Å²) in [6, 6.07) is 1.56. The van der Waals surface area contributed by atoms with Gasteiger partial charge in [0.25, 0.3) is 0 Å². The van der Waals surface area contributed by atoms with Gasteiger partial charge in [-0.15, -0.1) is 0 Å². The van der Waals surface area contributed by atoms with Gasteiger partial charge in [-0.3, -0.25) is 19.4 Å². The third-order valence-corrected chi connectivity index (χ3v) is 4.12. The molecule has 0 spiro atoms. The maximum atomic E-state index is 11.3. The molecule has 0 unspecified atom stereocenters. The number of nitrogens with one attached hydrogen (secondary N) is 2. The van der Waals surface area contributed by atoms with E-state index >= 15 is 0 Å². The highest BCUT2D eigenvalue weighted by Crippen LogP contribution is 2.34. The first-order chi connectivity index (χ1) is 9.92. The van der Waals surface area contributed by atoms with Crippen molar-refractivity contribution in [3.8, 4) is 0 Å². The molecule has 0 atom stereocenters. The highest BCUT2D eigenvalue weighted by molar-refractivity contribution is 7.99. The molecule has 0 fully saturated rings. The molecule has 21 heavy (non-hydrogen) atoms. The molecular weight excluding hydrogens is 337 g/mol. The lowest BCUT2D eigenvalue weighted by molar-refractivity contribution is 0.596. The summed E-state index contributed by atoms with van der Waals surface area (Å²) in [6.45, 7) is 2.56. The molecule has 0 saturated carbocycles. The molecule has 2 N–H and O–H groups in total. The van der Waals surface area contributed by atoms with Crippen molar-refractivity contribution in [3.63, 3.8) is 0 Å². The van der Waals surface area contributed by atoms with Gasteiger partial charge in [0.05, 0.1) is 10.0 Å². The normalized spacial score (nSPS) is 10.7. The molecule has 10 heteroatoms. The van der Waals surface area contributed by atoms with E-state index in [-0.39, 0.29) is 5.16 Å². The van der Waals surface area contributed by atoms with E-state index in [1.165, 1.54) is 4.68 Å². The number of rotatable bonds is 4. The molecule has 0 aliphatic heterocycles. The number of hydrogen-bond donors (Lipinski definition) is 2. The minimum Gasteiger partial charge on any atom is -0.369 e. The lowest BCUT2D eigenvalue weighted by Gasteiger charge is -2.10. The van der Waals surface area contributed by atoms with Gasteiger partial charge in [0.15, 0.2) is 5.16 Å². The van der Waals surface area contributed by atoms with E-state index in [4.69, 9.17) is 23.2 Å². The monoisotopic (exact) mass is 347 g/mol. The fourth-order valence-corrected chi connectivity index (χ4v) is 2.77. The van der Waals surface area contributed by atoms with Gasteiger partial charge < -0.3 is 5.32 Å². The van der Waals surface area contributed by atoms with Crippen molar-refractivity contribution in [2.24, 2.45) is 7.05 Å². The Kier molecular flexibility index (Phi) is 4.92. The van der Waals surface area contributed by atoms with Crippen LogP contribution in [0.3, 0.4) is 0 Å². The Bertz CT molecular complexity index is 789. The minimum atomic E-state index is -0.868. The summed E-state index contributed by atoms with van der Waals surface area (Å²) in [4.78, 5) is 30.5. The number of hydrogen-bond acceptors (Lipinski definition) is 6. The molecule has 112 valence electrons. The van der Waals surface area contributed by atoms with E-state index in [0.717, 1.165) is 11.8 Å². The van der Waals surface area contributed by atoms with E-state index in [9.17, 15) is 9.59 Å². The third-order valence-electron chi connectivity index (χ3n) is 2.38. The summed E-state index contributed by atoms with van der Waals surface area (Å²) in [7, 11) is 1.56. The number of H-pyrrole nitrogens is 1. The molecule has 0 aromatic carbocycles. The predicted molar refractivity (Wildman–Crippen MR) is 82.6 cm³/mol. The number of anilines is 1. The summed E-state index contributed by atoms with van der Waals surface area (Å²) in [5.41, 5.74) is -1.65. The maximum Gasteiger partial charge on any atom is 0.339 e. The number of aromatic nitrogens is 4. The molecule has 2 rings (SSSR count). The SMILES string of the molecule is CCNc1nc(Sc2nc(=O)c(=O)[nH]n2C)c(Cl)cc1Cl. The topological polar surface area (TPSA) is 92.7 Å². The fourth-order valence-electron chi connectivity index (χ4n) is 1.45. The number of aromatic amines is 1. The van der Waals surface area contributed by atoms with E-state index < -0.39 is 11.1 Å². The van der Waals surface area contributed by atoms with Crippen LogP contribution in [0.4, 0.5) is 5.82 Å². The first-order valence-electron chi connectivity index (χ1n) is 5.87. The summed E-state index contributed by atoms with van der Waals surface area (Å²) in [5, 5.41) is 6.76. The molecule has 0 aliphatic carbocycles. The summed E-state index contributed by atoms with van der Waals surface area (Å²) in [5.74, 6) is 0.487. The molecular formula is C11H11Cl2N5O2S. The number of nitrogens with zero attached hydrogens (tertiary/aromatic N) is 3. The van der Waals surface area contributed by atoms with Gasteiger partial charge >= 0.3 is 11.1 Å². The summed E-state index contributed by atoms with van der Waals surface area (Å²) >= 11 is 13.2. The Morgan fingerprint density at radius 2 is 2.05 bits per heavy atom. The average molecular weight is 348 g/mol. The number of halogens is 2. The van der Waals surface area contributed by atoms with Gasteiger partial charge in [-0.2, -0.15) is 4.98 Å². The van der Waals surface area contributed by atoms with Crippen molar-refractivity contribution < 1.29 is 0 Å². The van der Waals surface area contributed by atoms with Crippen LogP contribution in [-0.2, 0) is 7.05 Å². The quantitative estimate of drug-likeness (QED) is 0.818. The molecule has 2 aromatic rings. The van der Waals surface area contributed by atoms with Crippen LogP contribution >= 0.6 is 35.0 Å². The number of aryl methyl sites for hydroxylation is 1. The Hall–Kier alpha value is -1.51. The van der Waals surface area contributed by atoms with Crippen molar-refractivity contribution in [2.45, 2.75) is 17.1 Å². The van der Waals surface area contributed by atoms with E-state index in [1.54, 1.807) is 13.1 Å². The van der Waals surface area contributed by atoms with Crippen LogP contribution in [0.1, 0.15) is 6.92 Å². The zero-order valence-corrected chi connectivity index (χ0v) is 13.4. The zero-order valence-electron chi connectivity index (χ0n) is 11.1. The molecule has 0 saturated heterocycles. The first kappa shape index (κ1) is 15.9. The lowest BCUT2D eigenvalue weighted by Crippen LogP contribution is -2.33. The highest BCUT2D eigenvalue weighted by Gasteiger charge is 2.13. The summed E-state index contributed by atoms with van der Waals surface area (Å²) in [6.07, 6.45) is 0. The van der Waals surface area contributed by atoms with Gasteiger partial charge in [-0.05, 0) is 24.8 Å². The molecule has 0 aliphatic rings. The molecule has 0 amide bonds. The first-order valence-corrected chi connectivity index (χ1v) is 7.44. The second kappa shape index (κ2) is 6.50. The zero-order chi connectivity index (χ0) is 15.6. The maximum absolute atomic E-state index is 11.3. The molecule has 2 aromatic heterocycles. The van der Waals surface area contributed by atoms with Crippen LogP contribution in [0.5, 0.6) is 0 Å². The van der Waals surface area contributed by atoms with Gasteiger partial charge in [-0.1, -0.05) is 23.2 Å². The van der Waals surface area contributed by atoms with Crippen LogP contribution in [0.25, 0.3) is 0 Å². The third kappa shape index (κ3) is 3.58. The fraction of sp³-hybridized carbons (Fsp3) is 0.273. The van der Waals surface area contributed by atoms with Crippen molar-refractivity contribution in [2.75, 3.05) is 11.9 Å². The van der Waals surface area contributed by atoms with Gasteiger partial charge in [-0.25, -0.2) is 4.98 Å². The van der Waals surface area contributed by atoms with Crippen LogP contribution in [-0.4, -0.2) is 26.3 Å². The Morgan fingerprint density at radius 1 is 1.33 bits per heavy atom. The number of pyridine rings is 1. The van der Waals surface area contributed by atoms with E-state index in [1.807, 2.05) is 6.92 Å². The largest absolute Gasteiger partial charge is 0.369 e. The van der Waals surface area contributed by atoms with Gasteiger partial charge in [0, 0.05) is 13.6 Å². The van der Waals surface area contributed by atoms with Crippen LogP contribution in [0, 0.1) is 0 Å². The smallest absolute Gasteiger partial charge is 0.339 e. The molecule has 7 nitrogen and oxygen atoms in total. The van der Waals surface area contributed by atoms with Crippen molar-refractivity contribution >= 4 is 40.8 Å². The van der Waals surface area contributed by atoms with Crippen molar-refractivity contribution in [1.29, 1.82) is 0 Å². The second-order valence-corrected chi connectivity index (χ2v) is 5.71. The molecule has 2 heterocycles. The van der Waals surface area contributed by atoms with E-state index in [2.05, 4.69) is 20.4 Å². The predicted octanol–water partition coefficient (Wildman–Crippen LogP) is 1.75. The molecule has 0 radical (unpaired) electrons. The van der Waals surface area contributed by atoms with Crippen molar-refractivity contribution in [1.82, 2.24) is 19.7 Å². The minimum absolute atomic E-state index is 0.263. The van der Waals surface area contributed by atoms with Crippen LogP contribution in [0.2, 0.25) is 10.0 Å². The van der Waals surface area contributed by atoms with Gasteiger partial charge in [0.1, 0.15) is 10.8 Å². The second-order valence-electron chi connectivity index (χ2n) is 3.94. The lowest BCUT2D eigenvalue weighted by atomic mass is 10.4. The van der Waals surface area contributed by atoms with Crippen LogP contribution < -0.4 is 16.4 Å².